The molecule has 0 unspecified atom stereocenters. The average Bonchev–Trinajstić information content (AvgIpc) is 3.04. The zero-order chi connectivity index (χ0) is 15.2. The lowest BCUT2D eigenvalue weighted by molar-refractivity contribution is 0.0596. The fourth-order valence-corrected chi connectivity index (χ4v) is 1.76. The highest BCUT2D eigenvalue weighted by Gasteiger charge is 2.20. The van der Waals surface area contributed by atoms with Crippen molar-refractivity contribution in [2.75, 3.05) is 21.3 Å². The van der Waals surface area contributed by atoms with Crippen LogP contribution in [0.25, 0.3) is 12.2 Å². The van der Waals surface area contributed by atoms with Crippen LogP contribution in [0, 0.1) is 0 Å². The van der Waals surface area contributed by atoms with Crippen LogP contribution in [0.4, 0.5) is 0 Å². The van der Waals surface area contributed by atoms with Crippen LogP contribution in [0.3, 0.4) is 0 Å². The first-order valence-corrected chi connectivity index (χ1v) is 6.12. The van der Waals surface area contributed by atoms with E-state index >= 15 is 0 Å². The van der Waals surface area contributed by atoms with Crippen molar-refractivity contribution in [1.82, 2.24) is 4.98 Å². The lowest BCUT2D eigenvalue weighted by atomic mass is 10.1. The second kappa shape index (κ2) is 6.60. The van der Waals surface area contributed by atoms with Crippen molar-refractivity contribution in [2.45, 2.75) is 0 Å². The van der Waals surface area contributed by atoms with E-state index in [1.54, 1.807) is 30.5 Å². The van der Waals surface area contributed by atoms with Crippen molar-refractivity contribution >= 4 is 18.1 Å². The third-order valence-electron chi connectivity index (χ3n) is 2.75. The molecule has 0 amide bonds. The largest absolute Gasteiger partial charge is 0.496 e. The topological polar surface area (TPSA) is 70.8 Å². The van der Waals surface area contributed by atoms with Gasteiger partial charge < -0.3 is 18.6 Å². The Morgan fingerprint density at radius 1 is 1.24 bits per heavy atom. The molecule has 0 radical (unpaired) electrons. The Morgan fingerprint density at radius 2 is 2.05 bits per heavy atom. The fraction of sp³-hybridized carbons (Fsp3) is 0.200. The Balaban J connectivity index is 2.52. The molecule has 2 heterocycles. The van der Waals surface area contributed by atoms with Crippen molar-refractivity contribution in [3.8, 4) is 11.6 Å². The molecule has 2 rings (SSSR count). The number of furan rings is 1. The average molecular weight is 289 g/mol. The van der Waals surface area contributed by atoms with Gasteiger partial charge in [-0.05, 0) is 24.3 Å². The van der Waals surface area contributed by atoms with Crippen molar-refractivity contribution < 1.29 is 23.4 Å². The second-order valence-corrected chi connectivity index (χ2v) is 3.97. The summed E-state index contributed by atoms with van der Waals surface area (Å²) >= 11 is 0. The summed E-state index contributed by atoms with van der Waals surface area (Å²) in [6.45, 7) is 0. The van der Waals surface area contributed by atoms with E-state index in [-0.39, 0.29) is 5.56 Å². The van der Waals surface area contributed by atoms with E-state index in [0.717, 1.165) is 0 Å². The molecule has 21 heavy (non-hydrogen) atoms. The molecule has 0 spiro atoms. The number of rotatable bonds is 5. The van der Waals surface area contributed by atoms with Gasteiger partial charge in [-0.2, -0.15) is 0 Å². The normalized spacial score (nSPS) is 10.6. The minimum atomic E-state index is -0.541. The number of esters is 1. The first-order valence-electron chi connectivity index (χ1n) is 6.12. The molecule has 0 saturated carbocycles. The van der Waals surface area contributed by atoms with Gasteiger partial charge in [-0.15, -0.1) is 0 Å². The zero-order valence-electron chi connectivity index (χ0n) is 12.0. The quantitative estimate of drug-likeness (QED) is 0.788. The zero-order valence-corrected chi connectivity index (χ0v) is 12.0. The van der Waals surface area contributed by atoms with Crippen molar-refractivity contribution in [2.24, 2.45) is 0 Å². The number of carbonyl (C=O) groups is 1. The van der Waals surface area contributed by atoms with Crippen molar-refractivity contribution in [3.63, 3.8) is 0 Å². The number of hydrogen-bond acceptors (Lipinski definition) is 6. The van der Waals surface area contributed by atoms with Crippen LogP contribution in [0.5, 0.6) is 11.6 Å². The lowest BCUT2D eigenvalue weighted by Gasteiger charge is -2.11. The standard InChI is InChI=1S/C15H15NO5/c1-18-12-9-13(19-2)16-11(14(12)15(17)20-3)7-6-10-5-4-8-21-10/h4-9H,1-3H3/b7-6-. The molecule has 0 N–H and O–H groups in total. The number of pyridine rings is 1. The summed E-state index contributed by atoms with van der Waals surface area (Å²) in [4.78, 5) is 16.2. The SMILES string of the molecule is COC(=O)c1c(OC)cc(OC)nc1/C=C\c1ccco1. The van der Waals surface area contributed by atoms with E-state index in [9.17, 15) is 4.79 Å². The summed E-state index contributed by atoms with van der Waals surface area (Å²) in [6.07, 6.45) is 4.88. The van der Waals surface area contributed by atoms with Crippen molar-refractivity contribution in [3.05, 3.63) is 41.5 Å². The first-order chi connectivity index (χ1) is 10.2. The molecule has 2 aromatic heterocycles. The predicted molar refractivity (Wildman–Crippen MR) is 76.3 cm³/mol. The first kappa shape index (κ1) is 14.6. The summed E-state index contributed by atoms with van der Waals surface area (Å²) < 4.78 is 20.3. The summed E-state index contributed by atoms with van der Waals surface area (Å²) in [5.41, 5.74) is 0.595. The van der Waals surface area contributed by atoms with Gasteiger partial charge >= 0.3 is 5.97 Å². The van der Waals surface area contributed by atoms with E-state index in [1.165, 1.54) is 27.4 Å². The van der Waals surface area contributed by atoms with Gasteiger partial charge in [0.25, 0.3) is 0 Å². The maximum Gasteiger partial charge on any atom is 0.343 e. The number of aromatic nitrogens is 1. The van der Waals surface area contributed by atoms with E-state index in [4.69, 9.17) is 18.6 Å². The van der Waals surface area contributed by atoms with E-state index < -0.39 is 5.97 Å². The molecule has 6 heteroatoms. The Kier molecular flexibility index (Phi) is 4.61. The van der Waals surface area contributed by atoms with Crippen LogP contribution in [-0.2, 0) is 4.74 Å². The molecule has 0 fully saturated rings. The molecular weight excluding hydrogens is 274 g/mol. The van der Waals surface area contributed by atoms with Gasteiger partial charge in [-0.25, -0.2) is 9.78 Å². The Bertz CT molecular complexity index is 646. The lowest BCUT2D eigenvalue weighted by Crippen LogP contribution is -2.09. The highest BCUT2D eigenvalue weighted by molar-refractivity contribution is 5.97. The summed E-state index contributed by atoms with van der Waals surface area (Å²) in [6, 6.07) is 5.07. The van der Waals surface area contributed by atoms with E-state index in [2.05, 4.69) is 4.98 Å². The molecule has 0 atom stereocenters. The maximum atomic E-state index is 11.9. The third-order valence-corrected chi connectivity index (χ3v) is 2.75. The maximum absolute atomic E-state index is 11.9. The minimum absolute atomic E-state index is 0.226. The summed E-state index contributed by atoms with van der Waals surface area (Å²) in [7, 11) is 4.24. The monoisotopic (exact) mass is 289 g/mol. The van der Waals surface area contributed by atoms with Gasteiger partial charge in [0.1, 0.15) is 17.1 Å². The van der Waals surface area contributed by atoms with Gasteiger partial charge in [0.15, 0.2) is 0 Å². The van der Waals surface area contributed by atoms with E-state index in [0.29, 0.717) is 23.1 Å². The molecule has 0 aliphatic heterocycles. The van der Waals surface area contributed by atoms with Gasteiger partial charge in [0, 0.05) is 6.07 Å². The predicted octanol–water partition coefficient (Wildman–Crippen LogP) is 2.65. The summed E-state index contributed by atoms with van der Waals surface area (Å²) in [5, 5.41) is 0. The Morgan fingerprint density at radius 3 is 2.62 bits per heavy atom. The van der Waals surface area contributed by atoms with Gasteiger partial charge in [-0.3, -0.25) is 0 Å². The van der Waals surface area contributed by atoms with Gasteiger partial charge in [0.05, 0.1) is 33.3 Å². The molecule has 6 nitrogen and oxygen atoms in total. The Labute approximate surface area is 122 Å². The number of nitrogens with zero attached hydrogens (tertiary/aromatic N) is 1. The minimum Gasteiger partial charge on any atom is -0.496 e. The molecule has 0 bridgehead atoms. The molecule has 0 aliphatic rings. The van der Waals surface area contributed by atoms with Crippen LogP contribution >= 0.6 is 0 Å². The van der Waals surface area contributed by atoms with Crippen LogP contribution in [0.2, 0.25) is 0 Å². The second-order valence-electron chi connectivity index (χ2n) is 3.97. The number of carbonyl (C=O) groups excluding carboxylic acids is 1. The van der Waals surface area contributed by atoms with Crippen LogP contribution in [0.1, 0.15) is 21.8 Å². The molecule has 110 valence electrons. The summed E-state index contributed by atoms with van der Waals surface area (Å²) in [5.74, 6) is 0.752. The highest BCUT2D eigenvalue weighted by atomic mass is 16.5. The van der Waals surface area contributed by atoms with E-state index in [1.807, 2.05) is 0 Å². The fourth-order valence-electron chi connectivity index (χ4n) is 1.76. The molecule has 0 aliphatic carbocycles. The van der Waals surface area contributed by atoms with Gasteiger partial charge in [-0.1, -0.05) is 0 Å². The smallest absolute Gasteiger partial charge is 0.343 e. The number of hydrogen-bond donors (Lipinski definition) is 0. The molecule has 2 aromatic rings. The number of ether oxygens (including phenoxy) is 3. The van der Waals surface area contributed by atoms with Crippen LogP contribution in [-0.4, -0.2) is 32.3 Å². The van der Waals surface area contributed by atoms with Crippen molar-refractivity contribution in [1.29, 1.82) is 0 Å². The van der Waals surface area contributed by atoms with Crippen LogP contribution in [0.15, 0.2) is 28.9 Å². The van der Waals surface area contributed by atoms with Crippen LogP contribution < -0.4 is 9.47 Å². The number of methoxy groups -OCH3 is 3. The molecular formula is C15H15NO5. The Hall–Kier alpha value is -2.76. The molecule has 0 saturated heterocycles. The van der Waals surface area contributed by atoms with Gasteiger partial charge in [0.2, 0.25) is 5.88 Å². The molecule has 0 aromatic carbocycles. The third kappa shape index (κ3) is 3.22. The highest BCUT2D eigenvalue weighted by Crippen LogP contribution is 2.28.